The molecule has 5 heteroatoms. The minimum absolute atomic E-state index is 0.214. The van der Waals surface area contributed by atoms with Crippen molar-refractivity contribution in [1.29, 1.82) is 0 Å². The summed E-state index contributed by atoms with van der Waals surface area (Å²) in [5.74, 6) is 0.533. The molecule has 2 aromatic heterocycles. The highest BCUT2D eigenvalue weighted by atomic mass is 32.1. The van der Waals surface area contributed by atoms with Crippen molar-refractivity contribution < 1.29 is 9.32 Å². The Morgan fingerprint density at radius 1 is 1.32 bits per heavy atom. The lowest BCUT2D eigenvalue weighted by atomic mass is 9.95. The molecule has 0 unspecified atom stereocenters. The first-order valence-corrected chi connectivity index (χ1v) is 8.03. The van der Waals surface area contributed by atoms with Crippen molar-refractivity contribution >= 4 is 22.9 Å². The summed E-state index contributed by atoms with van der Waals surface area (Å²) >= 11 is 1.72. The standard InChI is InChI=1S/C17H14N2O2S/c1-10-3-2-4-11(9-10)18-17(20)15-13-5-6-14-12(7-8-22-14)16(13)21-19-15/h2-4,7-9H,5-6H2,1H3,(H,18,20). The molecule has 110 valence electrons. The highest BCUT2D eigenvalue weighted by Gasteiger charge is 2.28. The Morgan fingerprint density at radius 2 is 2.23 bits per heavy atom. The second-order valence-corrected chi connectivity index (χ2v) is 6.42. The van der Waals surface area contributed by atoms with E-state index in [1.165, 1.54) is 4.88 Å². The molecule has 0 saturated heterocycles. The van der Waals surface area contributed by atoms with Crippen LogP contribution >= 0.6 is 11.3 Å². The lowest BCUT2D eigenvalue weighted by Gasteiger charge is -2.10. The van der Waals surface area contributed by atoms with Gasteiger partial charge in [-0.15, -0.1) is 11.3 Å². The molecular formula is C17H14N2O2S. The number of carbonyl (C=O) groups excluding carboxylic acids is 1. The molecular weight excluding hydrogens is 296 g/mol. The van der Waals surface area contributed by atoms with Crippen LogP contribution in [0.4, 0.5) is 5.69 Å². The quantitative estimate of drug-likeness (QED) is 0.776. The van der Waals surface area contributed by atoms with Gasteiger partial charge in [-0.3, -0.25) is 4.79 Å². The van der Waals surface area contributed by atoms with Gasteiger partial charge >= 0.3 is 0 Å². The largest absolute Gasteiger partial charge is 0.355 e. The van der Waals surface area contributed by atoms with Crippen molar-refractivity contribution in [1.82, 2.24) is 5.16 Å². The summed E-state index contributed by atoms with van der Waals surface area (Å²) in [6.07, 6.45) is 1.73. The normalized spacial score (nSPS) is 12.6. The Balaban J connectivity index is 1.66. The van der Waals surface area contributed by atoms with Crippen molar-refractivity contribution in [2.75, 3.05) is 5.32 Å². The molecule has 0 fully saturated rings. The molecule has 1 N–H and O–H groups in total. The van der Waals surface area contributed by atoms with Gasteiger partial charge in [0.2, 0.25) is 0 Å². The van der Waals surface area contributed by atoms with Crippen LogP contribution in [0.15, 0.2) is 40.2 Å². The highest BCUT2D eigenvalue weighted by Crippen LogP contribution is 2.38. The number of amides is 1. The molecule has 0 bridgehead atoms. The van der Waals surface area contributed by atoms with Crippen LogP contribution < -0.4 is 5.32 Å². The Bertz CT molecular complexity index is 863. The number of nitrogens with one attached hydrogen (secondary N) is 1. The van der Waals surface area contributed by atoms with Gasteiger partial charge < -0.3 is 9.84 Å². The predicted molar refractivity (Wildman–Crippen MR) is 86.4 cm³/mol. The number of fused-ring (bicyclic) bond motifs is 3. The molecule has 0 aliphatic heterocycles. The summed E-state index contributed by atoms with van der Waals surface area (Å²) in [7, 11) is 0. The molecule has 1 aliphatic carbocycles. The van der Waals surface area contributed by atoms with E-state index >= 15 is 0 Å². The van der Waals surface area contributed by atoms with Crippen LogP contribution in [0, 0.1) is 6.92 Å². The monoisotopic (exact) mass is 310 g/mol. The molecule has 2 heterocycles. The number of nitrogens with zero attached hydrogens (tertiary/aromatic N) is 1. The smallest absolute Gasteiger partial charge is 0.278 e. The second kappa shape index (κ2) is 5.10. The Morgan fingerprint density at radius 3 is 3.09 bits per heavy atom. The van der Waals surface area contributed by atoms with E-state index in [1.54, 1.807) is 11.3 Å². The van der Waals surface area contributed by atoms with Crippen LogP contribution in [0.5, 0.6) is 0 Å². The third-order valence-corrected chi connectivity index (χ3v) is 4.85. The number of rotatable bonds is 2. The summed E-state index contributed by atoms with van der Waals surface area (Å²) in [6.45, 7) is 1.99. The van der Waals surface area contributed by atoms with E-state index in [9.17, 15) is 4.79 Å². The molecule has 0 saturated carbocycles. The summed E-state index contributed by atoms with van der Waals surface area (Å²) in [6, 6.07) is 9.74. The number of anilines is 1. The summed E-state index contributed by atoms with van der Waals surface area (Å²) < 4.78 is 5.45. The van der Waals surface area contributed by atoms with Crippen LogP contribution in [0.25, 0.3) is 11.3 Å². The molecule has 22 heavy (non-hydrogen) atoms. The number of benzene rings is 1. The first-order valence-electron chi connectivity index (χ1n) is 7.15. The molecule has 3 aromatic rings. The van der Waals surface area contributed by atoms with Crippen LogP contribution in [-0.2, 0) is 12.8 Å². The van der Waals surface area contributed by atoms with Gasteiger partial charge in [0, 0.05) is 21.7 Å². The highest BCUT2D eigenvalue weighted by molar-refractivity contribution is 7.10. The zero-order valence-electron chi connectivity index (χ0n) is 12.1. The van der Waals surface area contributed by atoms with E-state index in [2.05, 4.69) is 15.9 Å². The summed E-state index contributed by atoms with van der Waals surface area (Å²) in [5.41, 5.74) is 4.26. The zero-order chi connectivity index (χ0) is 15.1. The zero-order valence-corrected chi connectivity index (χ0v) is 12.9. The van der Waals surface area contributed by atoms with Gasteiger partial charge in [0.25, 0.3) is 5.91 Å². The maximum atomic E-state index is 12.5. The van der Waals surface area contributed by atoms with E-state index in [4.69, 9.17) is 4.52 Å². The summed E-state index contributed by atoms with van der Waals surface area (Å²) in [4.78, 5) is 13.8. The maximum Gasteiger partial charge on any atom is 0.278 e. The number of carbonyl (C=O) groups is 1. The minimum Gasteiger partial charge on any atom is -0.355 e. The SMILES string of the molecule is Cc1cccc(NC(=O)c2noc3c2CCc2sccc2-3)c1. The molecule has 1 aliphatic rings. The average molecular weight is 310 g/mol. The first kappa shape index (κ1) is 13.3. The van der Waals surface area contributed by atoms with Gasteiger partial charge in [-0.25, -0.2) is 0 Å². The predicted octanol–water partition coefficient (Wildman–Crippen LogP) is 4.06. The van der Waals surface area contributed by atoms with Crippen LogP contribution in [0.2, 0.25) is 0 Å². The molecule has 0 radical (unpaired) electrons. The summed E-state index contributed by atoms with van der Waals surface area (Å²) in [5, 5.41) is 8.96. The second-order valence-electron chi connectivity index (χ2n) is 5.42. The van der Waals surface area contributed by atoms with E-state index in [-0.39, 0.29) is 5.91 Å². The fourth-order valence-electron chi connectivity index (χ4n) is 2.82. The topological polar surface area (TPSA) is 55.1 Å². The van der Waals surface area contributed by atoms with Gasteiger partial charge in [-0.05, 0) is 48.9 Å². The van der Waals surface area contributed by atoms with Crippen molar-refractivity contribution in [3.63, 3.8) is 0 Å². The van der Waals surface area contributed by atoms with Crippen LogP contribution in [0.3, 0.4) is 0 Å². The number of aryl methyl sites for hydroxylation is 2. The third kappa shape index (κ3) is 2.14. The first-order chi connectivity index (χ1) is 10.7. The number of thiophene rings is 1. The Labute approximate surface area is 131 Å². The van der Waals surface area contributed by atoms with Crippen molar-refractivity contribution in [2.24, 2.45) is 0 Å². The van der Waals surface area contributed by atoms with Gasteiger partial charge in [0.1, 0.15) is 0 Å². The Hall–Kier alpha value is -2.40. The van der Waals surface area contributed by atoms with Crippen molar-refractivity contribution in [3.05, 3.63) is 57.4 Å². The Kier molecular flexibility index (Phi) is 3.08. The van der Waals surface area contributed by atoms with E-state index in [0.29, 0.717) is 5.69 Å². The van der Waals surface area contributed by atoms with Gasteiger partial charge in [-0.1, -0.05) is 17.3 Å². The average Bonchev–Trinajstić information content (AvgIpc) is 3.13. The van der Waals surface area contributed by atoms with E-state index in [1.807, 2.05) is 37.3 Å². The van der Waals surface area contributed by atoms with E-state index in [0.717, 1.165) is 41.0 Å². The lowest BCUT2D eigenvalue weighted by Crippen LogP contribution is -2.15. The molecule has 4 rings (SSSR count). The van der Waals surface area contributed by atoms with Crippen molar-refractivity contribution in [3.8, 4) is 11.3 Å². The van der Waals surface area contributed by atoms with E-state index < -0.39 is 0 Å². The fraction of sp³-hybridized carbons (Fsp3) is 0.176. The molecule has 0 atom stereocenters. The fourth-order valence-corrected chi connectivity index (χ4v) is 3.70. The lowest BCUT2D eigenvalue weighted by molar-refractivity contribution is 0.101. The number of aromatic nitrogens is 1. The van der Waals surface area contributed by atoms with Gasteiger partial charge in [0.15, 0.2) is 11.5 Å². The number of hydrogen-bond donors (Lipinski definition) is 1. The van der Waals surface area contributed by atoms with Crippen molar-refractivity contribution in [2.45, 2.75) is 19.8 Å². The molecule has 1 aromatic carbocycles. The molecule has 1 amide bonds. The van der Waals surface area contributed by atoms with Gasteiger partial charge in [0.05, 0.1) is 0 Å². The molecule has 0 spiro atoms. The number of hydrogen-bond acceptors (Lipinski definition) is 4. The van der Waals surface area contributed by atoms with Crippen LogP contribution in [0.1, 0.15) is 26.5 Å². The maximum absolute atomic E-state index is 12.5. The minimum atomic E-state index is -0.214. The van der Waals surface area contributed by atoms with Crippen LogP contribution in [-0.4, -0.2) is 11.1 Å². The third-order valence-electron chi connectivity index (χ3n) is 3.87. The van der Waals surface area contributed by atoms with Gasteiger partial charge in [-0.2, -0.15) is 0 Å². The molecule has 4 nitrogen and oxygen atoms in total.